The molecule has 1 atom stereocenters. The van der Waals surface area contributed by atoms with Crippen molar-refractivity contribution in [2.75, 3.05) is 6.61 Å². The summed E-state index contributed by atoms with van der Waals surface area (Å²) in [5.41, 5.74) is 0.931. The fourth-order valence-corrected chi connectivity index (χ4v) is 4.52. The van der Waals surface area contributed by atoms with E-state index in [-0.39, 0.29) is 18.2 Å². The average molecular weight is 455 g/mol. The first-order chi connectivity index (χ1) is 15.7. The molecule has 2 aromatic heterocycles. The van der Waals surface area contributed by atoms with Crippen molar-refractivity contribution < 1.29 is 18.3 Å². The van der Waals surface area contributed by atoms with Gasteiger partial charge in [0.2, 0.25) is 0 Å². The lowest BCUT2D eigenvalue weighted by Gasteiger charge is -2.26. The van der Waals surface area contributed by atoms with E-state index < -0.39 is 12.7 Å². The maximum absolute atomic E-state index is 13.7. The number of ether oxygens (including phenoxy) is 2. The maximum atomic E-state index is 13.7. The lowest BCUT2D eigenvalue weighted by atomic mass is 10.2. The molecule has 4 aromatic rings. The largest absolute Gasteiger partial charge is 0.485 e. The van der Waals surface area contributed by atoms with Gasteiger partial charge in [-0.1, -0.05) is 42.1 Å². The standard InChI is InChI=1S/C22H19F2N5O2S/c1-2-11-28-20(18-12-30-16-9-5-6-10-17(16)31-18)26-27-22(28)32-13-19-25-14-7-3-4-8-15(14)29(19)21(23)24/h2-10,18,21H,1,11-13H2. The lowest BCUT2D eigenvalue weighted by Crippen LogP contribution is -2.25. The Hall–Kier alpha value is -3.40. The van der Waals surface area contributed by atoms with Crippen molar-refractivity contribution >= 4 is 22.8 Å². The molecule has 0 saturated carbocycles. The number of imidazole rings is 1. The molecule has 1 aliphatic heterocycles. The van der Waals surface area contributed by atoms with E-state index in [0.29, 0.717) is 40.1 Å². The Kier molecular flexibility index (Phi) is 5.52. The molecule has 32 heavy (non-hydrogen) atoms. The third-order valence-corrected chi connectivity index (χ3v) is 6.01. The van der Waals surface area contributed by atoms with Crippen LogP contribution in [0.5, 0.6) is 11.5 Å². The Morgan fingerprint density at radius 2 is 1.91 bits per heavy atom. The smallest absolute Gasteiger partial charge is 0.320 e. The third kappa shape index (κ3) is 3.70. The van der Waals surface area contributed by atoms with Gasteiger partial charge in [-0.25, -0.2) is 4.98 Å². The molecule has 0 N–H and O–H groups in total. The molecule has 0 amide bonds. The molecule has 0 bridgehead atoms. The molecule has 1 unspecified atom stereocenters. The number of hydrogen-bond donors (Lipinski definition) is 0. The minimum atomic E-state index is -2.69. The van der Waals surface area contributed by atoms with Gasteiger partial charge in [0, 0.05) is 6.54 Å². The van der Waals surface area contributed by atoms with Crippen molar-refractivity contribution in [3.8, 4) is 11.5 Å². The Bertz CT molecular complexity index is 1270. The van der Waals surface area contributed by atoms with E-state index >= 15 is 0 Å². The van der Waals surface area contributed by atoms with E-state index in [0.717, 1.165) is 4.57 Å². The number of nitrogens with zero attached hydrogens (tertiary/aromatic N) is 5. The minimum Gasteiger partial charge on any atom is -0.485 e. The molecule has 1 aliphatic rings. The van der Waals surface area contributed by atoms with Gasteiger partial charge in [0.15, 0.2) is 28.6 Å². The minimum absolute atomic E-state index is 0.207. The van der Waals surface area contributed by atoms with Crippen molar-refractivity contribution in [2.45, 2.75) is 30.1 Å². The molecular weight excluding hydrogens is 436 g/mol. The predicted octanol–water partition coefficient (Wildman–Crippen LogP) is 5.01. The molecule has 0 spiro atoms. The average Bonchev–Trinajstić information content (AvgIpc) is 3.38. The zero-order valence-electron chi connectivity index (χ0n) is 16.9. The van der Waals surface area contributed by atoms with Crippen LogP contribution in [0.4, 0.5) is 8.78 Å². The van der Waals surface area contributed by atoms with Gasteiger partial charge in [0.1, 0.15) is 12.4 Å². The van der Waals surface area contributed by atoms with Crippen molar-refractivity contribution in [1.29, 1.82) is 0 Å². The summed E-state index contributed by atoms with van der Waals surface area (Å²) in [4.78, 5) is 4.39. The number of hydrogen-bond acceptors (Lipinski definition) is 6. The van der Waals surface area contributed by atoms with Gasteiger partial charge < -0.3 is 9.47 Å². The van der Waals surface area contributed by atoms with Crippen LogP contribution in [0, 0.1) is 0 Å². The Morgan fingerprint density at radius 3 is 2.72 bits per heavy atom. The summed E-state index contributed by atoms with van der Waals surface area (Å²) in [5.74, 6) is 2.38. The summed E-state index contributed by atoms with van der Waals surface area (Å²) < 4.78 is 42.1. The van der Waals surface area contributed by atoms with Crippen LogP contribution in [-0.4, -0.2) is 30.9 Å². The van der Waals surface area contributed by atoms with Crippen molar-refractivity contribution in [2.24, 2.45) is 0 Å². The Balaban J connectivity index is 1.41. The number of rotatable bonds is 7. The number of para-hydroxylation sites is 4. The molecule has 7 nitrogen and oxygen atoms in total. The van der Waals surface area contributed by atoms with E-state index in [1.54, 1.807) is 30.3 Å². The van der Waals surface area contributed by atoms with Crippen LogP contribution < -0.4 is 9.47 Å². The number of fused-ring (bicyclic) bond motifs is 2. The van der Waals surface area contributed by atoms with Gasteiger partial charge in [-0.15, -0.1) is 16.8 Å². The van der Waals surface area contributed by atoms with Gasteiger partial charge in [0.05, 0.1) is 16.8 Å². The summed E-state index contributed by atoms with van der Waals surface area (Å²) in [6.45, 7) is 1.85. The highest BCUT2D eigenvalue weighted by Gasteiger charge is 2.28. The van der Waals surface area contributed by atoms with Gasteiger partial charge in [0.25, 0.3) is 0 Å². The summed E-state index contributed by atoms with van der Waals surface area (Å²) in [6.07, 6.45) is 1.28. The maximum Gasteiger partial charge on any atom is 0.320 e. The third-order valence-electron chi connectivity index (χ3n) is 5.05. The fraction of sp³-hybridized carbons (Fsp3) is 0.227. The van der Waals surface area contributed by atoms with E-state index in [2.05, 4.69) is 21.8 Å². The second-order valence-corrected chi connectivity index (χ2v) is 8.00. The molecule has 10 heteroatoms. The SMILES string of the molecule is C=CCn1c(SCc2nc3ccccc3n2C(F)F)nnc1C1COc2ccccc2O1. The molecule has 0 aliphatic carbocycles. The van der Waals surface area contributed by atoms with Gasteiger partial charge in [-0.2, -0.15) is 8.78 Å². The van der Waals surface area contributed by atoms with E-state index in [1.165, 1.54) is 11.8 Å². The fourth-order valence-electron chi connectivity index (χ4n) is 3.64. The van der Waals surface area contributed by atoms with Crippen LogP contribution in [0.2, 0.25) is 0 Å². The zero-order valence-corrected chi connectivity index (χ0v) is 17.7. The van der Waals surface area contributed by atoms with Crippen molar-refractivity contribution in [3.05, 3.63) is 72.8 Å². The van der Waals surface area contributed by atoms with Crippen molar-refractivity contribution in [3.63, 3.8) is 0 Å². The van der Waals surface area contributed by atoms with Gasteiger partial charge in [-0.05, 0) is 24.3 Å². The zero-order chi connectivity index (χ0) is 22.1. The van der Waals surface area contributed by atoms with Crippen LogP contribution in [0.25, 0.3) is 11.0 Å². The van der Waals surface area contributed by atoms with Crippen LogP contribution in [0.15, 0.2) is 66.3 Å². The van der Waals surface area contributed by atoms with Crippen molar-refractivity contribution in [1.82, 2.24) is 24.3 Å². The number of benzene rings is 2. The van der Waals surface area contributed by atoms with Crippen LogP contribution in [0.3, 0.4) is 0 Å². The number of allylic oxidation sites excluding steroid dienone is 1. The molecule has 0 fully saturated rings. The second-order valence-electron chi connectivity index (χ2n) is 7.06. The lowest BCUT2D eigenvalue weighted by molar-refractivity contribution is 0.0722. The van der Waals surface area contributed by atoms with E-state index in [9.17, 15) is 8.78 Å². The highest BCUT2D eigenvalue weighted by molar-refractivity contribution is 7.98. The number of halogens is 2. The molecular formula is C22H19F2N5O2S. The van der Waals surface area contributed by atoms with Gasteiger partial charge in [-0.3, -0.25) is 9.13 Å². The van der Waals surface area contributed by atoms with Crippen LogP contribution >= 0.6 is 11.8 Å². The summed E-state index contributed by atoms with van der Waals surface area (Å²) in [7, 11) is 0. The summed E-state index contributed by atoms with van der Waals surface area (Å²) in [6, 6.07) is 14.3. The predicted molar refractivity (Wildman–Crippen MR) is 116 cm³/mol. The summed E-state index contributed by atoms with van der Waals surface area (Å²) >= 11 is 1.29. The van der Waals surface area contributed by atoms with E-state index in [1.807, 2.05) is 28.8 Å². The normalized spacial score (nSPS) is 15.4. The first-order valence-corrected chi connectivity index (χ1v) is 10.9. The monoisotopic (exact) mass is 455 g/mol. The number of thioether (sulfide) groups is 1. The summed E-state index contributed by atoms with van der Waals surface area (Å²) in [5, 5.41) is 9.15. The Labute approximate surface area is 186 Å². The van der Waals surface area contributed by atoms with Crippen LogP contribution in [-0.2, 0) is 12.3 Å². The van der Waals surface area contributed by atoms with E-state index in [4.69, 9.17) is 9.47 Å². The number of aromatic nitrogens is 5. The molecule has 0 radical (unpaired) electrons. The topological polar surface area (TPSA) is 67.0 Å². The molecule has 3 heterocycles. The quantitative estimate of drug-likeness (QED) is 0.288. The molecule has 2 aromatic carbocycles. The number of alkyl halides is 2. The highest BCUT2D eigenvalue weighted by Crippen LogP contribution is 2.36. The Morgan fingerprint density at radius 1 is 1.12 bits per heavy atom. The molecule has 164 valence electrons. The van der Waals surface area contributed by atoms with Gasteiger partial charge >= 0.3 is 6.55 Å². The second kappa shape index (κ2) is 8.62. The highest BCUT2D eigenvalue weighted by atomic mass is 32.2. The first kappa shape index (κ1) is 20.5. The van der Waals surface area contributed by atoms with Crippen LogP contribution in [0.1, 0.15) is 24.3 Å². The first-order valence-electron chi connectivity index (χ1n) is 9.95. The molecule has 5 rings (SSSR count). The molecule has 0 saturated heterocycles.